The third-order valence-electron chi connectivity index (χ3n) is 3.15. The molecule has 1 nitrogen and oxygen atoms in total. The fraction of sp³-hybridized carbons (Fsp3) is 0.538. The molecule has 0 bridgehead atoms. The van der Waals surface area contributed by atoms with Gasteiger partial charge in [0, 0.05) is 0 Å². The van der Waals surface area contributed by atoms with E-state index in [1.165, 1.54) is 18.4 Å². The van der Waals surface area contributed by atoms with Gasteiger partial charge >= 0.3 is 0 Å². The molecule has 0 saturated heterocycles. The summed E-state index contributed by atoms with van der Waals surface area (Å²) in [5.74, 6) is 0.351. The molecule has 1 heteroatoms. The van der Waals surface area contributed by atoms with Crippen molar-refractivity contribution in [2.24, 2.45) is 0 Å². The van der Waals surface area contributed by atoms with Crippen molar-refractivity contribution in [1.29, 1.82) is 0 Å². The molecule has 0 unspecified atom stereocenters. The van der Waals surface area contributed by atoms with Gasteiger partial charge in [-0.2, -0.15) is 0 Å². The van der Waals surface area contributed by atoms with Crippen LogP contribution < -0.4 is 0 Å². The van der Waals surface area contributed by atoms with E-state index in [1.807, 2.05) is 12.1 Å². The molecule has 0 aliphatic heterocycles. The molecule has 0 saturated carbocycles. The number of aromatic hydroxyl groups is 1. The summed E-state index contributed by atoms with van der Waals surface area (Å²) in [7, 11) is 0. The third-order valence-corrected chi connectivity index (χ3v) is 3.15. The predicted octanol–water partition coefficient (Wildman–Crippen LogP) is 3.86. The molecule has 1 aromatic carbocycles. The summed E-state index contributed by atoms with van der Waals surface area (Å²) >= 11 is 0. The minimum Gasteiger partial charge on any atom is -0.508 e. The number of hydrogen-bond donors (Lipinski definition) is 1. The van der Waals surface area contributed by atoms with Gasteiger partial charge in [0.05, 0.1) is 0 Å². The molecule has 1 aromatic rings. The zero-order chi connectivity index (χ0) is 10.6. The Hall–Kier alpha value is -0.980. The Morgan fingerprint density at radius 1 is 1.14 bits per heavy atom. The van der Waals surface area contributed by atoms with Gasteiger partial charge in [0.1, 0.15) is 5.75 Å². The Labute approximate surface area is 86.8 Å². The van der Waals surface area contributed by atoms with Gasteiger partial charge in [-0.3, -0.25) is 0 Å². The molecule has 1 N–H and O–H groups in total. The van der Waals surface area contributed by atoms with Crippen LogP contribution in [-0.2, 0) is 5.41 Å². The van der Waals surface area contributed by atoms with E-state index >= 15 is 0 Å². The van der Waals surface area contributed by atoms with Gasteiger partial charge in [-0.15, -0.1) is 0 Å². The lowest BCUT2D eigenvalue weighted by Gasteiger charge is -2.28. The average molecular weight is 192 g/mol. The highest BCUT2D eigenvalue weighted by Gasteiger charge is 2.22. The quantitative estimate of drug-likeness (QED) is 0.768. The second kappa shape index (κ2) is 4.50. The first-order chi connectivity index (χ1) is 6.62. The van der Waals surface area contributed by atoms with E-state index in [2.05, 4.69) is 20.8 Å². The molecule has 0 aromatic heterocycles. The highest BCUT2D eigenvalue weighted by molar-refractivity contribution is 5.31. The Balaban J connectivity index is 2.94. The minimum absolute atomic E-state index is 0.266. The maximum Gasteiger partial charge on any atom is 0.115 e. The van der Waals surface area contributed by atoms with Crippen LogP contribution in [0, 0.1) is 0 Å². The number of hydrogen-bond acceptors (Lipinski definition) is 1. The van der Waals surface area contributed by atoms with E-state index in [4.69, 9.17) is 0 Å². The van der Waals surface area contributed by atoms with E-state index in [0.717, 1.165) is 6.42 Å². The zero-order valence-corrected chi connectivity index (χ0v) is 9.38. The van der Waals surface area contributed by atoms with Crippen LogP contribution in [0.4, 0.5) is 0 Å². The van der Waals surface area contributed by atoms with Crippen LogP contribution in [-0.4, -0.2) is 5.11 Å². The van der Waals surface area contributed by atoms with Crippen LogP contribution >= 0.6 is 0 Å². The van der Waals surface area contributed by atoms with Crippen LogP contribution in [0.3, 0.4) is 0 Å². The lowest BCUT2D eigenvalue weighted by atomic mass is 9.76. The van der Waals surface area contributed by atoms with Crippen molar-refractivity contribution < 1.29 is 5.11 Å². The lowest BCUT2D eigenvalue weighted by Crippen LogP contribution is -2.20. The SMILES string of the molecule is CCC[C@](C)(CC)c1ccc(O)cc1. The Bertz CT molecular complexity index is 276. The number of benzene rings is 1. The standard InChI is InChI=1S/C13H20O/c1-4-10-13(3,5-2)11-6-8-12(14)9-7-11/h6-9,14H,4-5,10H2,1-3H3/t13-/m0/s1. The highest BCUT2D eigenvalue weighted by atomic mass is 16.3. The first kappa shape index (κ1) is 11.1. The Morgan fingerprint density at radius 3 is 2.14 bits per heavy atom. The van der Waals surface area contributed by atoms with E-state index in [1.54, 1.807) is 12.1 Å². The van der Waals surface area contributed by atoms with Gasteiger partial charge in [0.15, 0.2) is 0 Å². The van der Waals surface area contributed by atoms with Gasteiger partial charge in [0.25, 0.3) is 0 Å². The third kappa shape index (κ3) is 2.28. The summed E-state index contributed by atoms with van der Waals surface area (Å²) in [6, 6.07) is 7.63. The number of rotatable bonds is 4. The summed E-state index contributed by atoms with van der Waals surface area (Å²) in [6.07, 6.45) is 3.55. The van der Waals surface area contributed by atoms with E-state index in [9.17, 15) is 5.11 Å². The normalized spacial score (nSPS) is 15.1. The summed E-state index contributed by atoms with van der Waals surface area (Å²) in [6.45, 7) is 6.74. The Morgan fingerprint density at radius 2 is 1.71 bits per heavy atom. The minimum atomic E-state index is 0.266. The summed E-state index contributed by atoms with van der Waals surface area (Å²) in [5, 5.41) is 9.23. The van der Waals surface area contributed by atoms with Crippen LogP contribution in [0.2, 0.25) is 0 Å². The lowest BCUT2D eigenvalue weighted by molar-refractivity contribution is 0.412. The van der Waals surface area contributed by atoms with Crippen LogP contribution in [0.25, 0.3) is 0 Å². The molecular weight excluding hydrogens is 172 g/mol. The van der Waals surface area contributed by atoms with Gasteiger partial charge < -0.3 is 5.11 Å². The molecule has 0 aliphatic rings. The maximum atomic E-state index is 9.23. The molecule has 1 atom stereocenters. The highest BCUT2D eigenvalue weighted by Crippen LogP contribution is 2.32. The van der Waals surface area contributed by atoms with E-state index in [0.29, 0.717) is 5.75 Å². The van der Waals surface area contributed by atoms with Crippen molar-refractivity contribution >= 4 is 0 Å². The molecule has 0 amide bonds. The smallest absolute Gasteiger partial charge is 0.115 e. The molecule has 0 aliphatic carbocycles. The maximum absolute atomic E-state index is 9.23. The first-order valence-electron chi connectivity index (χ1n) is 5.42. The zero-order valence-electron chi connectivity index (χ0n) is 9.38. The fourth-order valence-electron chi connectivity index (χ4n) is 1.94. The molecule has 1 rings (SSSR count). The van der Waals surface area contributed by atoms with Crippen LogP contribution in [0.15, 0.2) is 24.3 Å². The van der Waals surface area contributed by atoms with Gasteiger partial charge in [0.2, 0.25) is 0 Å². The number of phenols is 1. The van der Waals surface area contributed by atoms with Crippen molar-refractivity contribution in [3.63, 3.8) is 0 Å². The summed E-state index contributed by atoms with van der Waals surface area (Å²) < 4.78 is 0. The molecule has 0 radical (unpaired) electrons. The van der Waals surface area contributed by atoms with E-state index < -0.39 is 0 Å². The van der Waals surface area contributed by atoms with Crippen molar-refractivity contribution in [3.05, 3.63) is 29.8 Å². The van der Waals surface area contributed by atoms with E-state index in [-0.39, 0.29) is 5.41 Å². The van der Waals surface area contributed by atoms with Crippen LogP contribution in [0.5, 0.6) is 5.75 Å². The molecule has 78 valence electrons. The molecule has 0 heterocycles. The molecule has 0 spiro atoms. The van der Waals surface area contributed by atoms with Crippen molar-refractivity contribution in [2.75, 3.05) is 0 Å². The second-order valence-electron chi connectivity index (χ2n) is 4.21. The predicted molar refractivity (Wildman–Crippen MR) is 60.7 cm³/mol. The molecular formula is C13H20O. The summed E-state index contributed by atoms with van der Waals surface area (Å²) in [4.78, 5) is 0. The van der Waals surface area contributed by atoms with Crippen LogP contribution in [0.1, 0.15) is 45.6 Å². The Kier molecular flexibility index (Phi) is 3.56. The van der Waals surface area contributed by atoms with Crippen molar-refractivity contribution in [2.45, 2.75) is 45.4 Å². The summed E-state index contributed by atoms with van der Waals surface area (Å²) in [5.41, 5.74) is 1.60. The number of phenolic OH excluding ortho intramolecular Hbond substituents is 1. The first-order valence-corrected chi connectivity index (χ1v) is 5.42. The van der Waals surface area contributed by atoms with Crippen molar-refractivity contribution in [3.8, 4) is 5.75 Å². The fourth-order valence-corrected chi connectivity index (χ4v) is 1.94. The second-order valence-corrected chi connectivity index (χ2v) is 4.21. The van der Waals surface area contributed by atoms with Gasteiger partial charge in [-0.1, -0.05) is 39.3 Å². The largest absolute Gasteiger partial charge is 0.508 e. The van der Waals surface area contributed by atoms with Gasteiger partial charge in [-0.05, 0) is 36.0 Å². The molecule has 0 fully saturated rings. The van der Waals surface area contributed by atoms with Gasteiger partial charge in [-0.25, -0.2) is 0 Å². The molecule has 14 heavy (non-hydrogen) atoms. The van der Waals surface area contributed by atoms with Crippen molar-refractivity contribution in [1.82, 2.24) is 0 Å². The monoisotopic (exact) mass is 192 g/mol. The topological polar surface area (TPSA) is 20.2 Å². The average Bonchev–Trinajstić information content (AvgIpc) is 2.19.